The number of nitrogens with one attached hydrogen (secondary N) is 2. The van der Waals surface area contributed by atoms with Gasteiger partial charge in [-0.1, -0.05) is 56.6 Å². The van der Waals surface area contributed by atoms with Crippen LogP contribution in [0.15, 0.2) is 164 Å². The van der Waals surface area contributed by atoms with E-state index in [1.165, 1.54) is 24.3 Å². The molecule has 120 heavy (non-hydrogen) atoms. The van der Waals surface area contributed by atoms with Crippen molar-refractivity contribution in [3.05, 3.63) is 170 Å². The summed E-state index contributed by atoms with van der Waals surface area (Å²) in [5, 5.41) is 8.79. The lowest BCUT2D eigenvalue weighted by Gasteiger charge is -2.16. The summed E-state index contributed by atoms with van der Waals surface area (Å²) in [6.07, 6.45) is 13.6. The Hall–Kier alpha value is -15.5. The SMILES string of the molecule is C=C1CCC(=O)N1OC(=O)CC(=O)OCN1C(=O)C=CC1=O.C=C1CCC(=O)N1OC(=O)CCOCCNC(=O)CCN1C(=O)C=CC1=O.C=C1CCC(=O)N1OC(=O)CNC(=O)CCN1C(=O)C=CC1=O.C=C1CCC(=O)N1OC(=O)Cc1ccc(N2C(=O)C=CC2=O)cc1.CC(=O)ON1C(=O)CCC1=O.O=C1C=CC(=O)N1c1ccccc1. The van der Waals surface area contributed by atoms with Gasteiger partial charge in [0, 0.05) is 139 Å². The average Bonchev–Trinajstić information content (AvgIpc) is 1.65. The van der Waals surface area contributed by atoms with E-state index in [1.54, 1.807) is 48.5 Å². The van der Waals surface area contributed by atoms with Gasteiger partial charge in [-0.25, -0.2) is 38.7 Å². The Morgan fingerprint density at radius 3 is 1.10 bits per heavy atom. The molecule has 0 saturated carbocycles. The van der Waals surface area contributed by atoms with Crippen LogP contribution in [0.5, 0.6) is 0 Å². The van der Waals surface area contributed by atoms with Crippen LogP contribution < -0.4 is 20.4 Å². The molecule has 5 saturated heterocycles. The van der Waals surface area contributed by atoms with Crippen LogP contribution in [0.3, 0.4) is 0 Å². The number of anilines is 2. The number of hydrogen-bond acceptors (Lipinski definition) is 31. The standard InChI is InChI=1S/C17H21N3O7.C17H14N2O5.C14H15N3O6.C13H12N2O7.C10H7NO2.C6H7NO4/c1-12-2-3-16(24)20(12)27-17(25)7-10-26-11-8-18-13(21)6-9-19-14(22)4-5-15(19)23;1-11-2-7-16(22)19(11)24-17(23)10-12-3-5-13(6-4-12)18-14(20)8-9-15(18)21;1-9-2-3-13(21)17(9)23-14(22)8-15-10(18)6-7-16-11(19)4-5-12(16)20;1-8-2-3-11(18)15(8)22-13(20)6-12(19)21-7-14-9(16)4-5-10(14)17;12-9-6-7-10(13)11(9)8-4-2-1-3-5-8;1-4(8)11-7-5(9)2-3-6(7)10/h4-5H,1-3,6-11H2,(H,18,21);3-6,8-9H,1-2,7,10H2;4-5H,1-3,6-8H2,(H,15,18);4-5H,1-3,6-7H2;1-7H;2-3H2,1H3. The first kappa shape index (κ1) is 91.7. The lowest BCUT2D eigenvalue weighted by molar-refractivity contribution is -0.195. The Bertz CT molecular complexity index is 4620. The third-order valence-electron chi connectivity index (χ3n) is 16.7. The molecule has 10 aliphatic rings. The zero-order chi connectivity index (χ0) is 88.0. The molecule has 0 aromatic heterocycles. The van der Waals surface area contributed by atoms with E-state index < -0.39 is 126 Å². The van der Waals surface area contributed by atoms with Crippen LogP contribution in [0.25, 0.3) is 0 Å². The molecule has 0 atom stereocenters. The Morgan fingerprint density at radius 2 is 0.700 bits per heavy atom. The highest BCUT2D eigenvalue weighted by Crippen LogP contribution is 2.26. The molecule has 2 aromatic carbocycles. The number of hydrogen-bond donors (Lipinski definition) is 2. The van der Waals surface area contributed by atoms with Gasteiger partial charge in [0.1, 0.15) is 13.0 Å². The summed E-state index contributed by atoms with van der Waals surface area (Å²) in [4.78, 5) is 301. The Morgan fingerprint density at radius 1 is 0.350 bits per heavy atom. The smallest absolute Gasteiger partial charge is 0.351 e. The maximum atomic E-state index is 11.9. The van der Waals surface area contributed by atoms with Gasteiger partial charge in [-0.2, -0.15) is 0 Å². The van der Waals surface area contributed by atoms with Crippen LogP contribution in [0, 0.1) is 0 Å². The maximum absolute atomic E-state index is 11.9. The fourth-order valence-electron chi connectivity index (χ4n) is 10.6. The van der Waals surface area contributed by atoms with E-state index in [0.29, 0.717) is 75.4 Å². The van der Waals surface area contributed by atoms with Gasteiger partial charge in [0.15, 0.2) is 6.73 Å². The summed E-state index contributed by atoms with van der Waals surface area (Å²) in [6, 6.07) is 15.2. The zero-order valence-electron chi connectivity index (χ0n) is 64.0. The third kappa shape index (κ3) is 27.1. The number of allylic oxidation sites excluding steroid dienone is 4. The van der Waals surface area contributed by atoms with Crippen molar-refractivity contribution < 1.29 is 149 Å². The summed E-state index contributed by atoms with van der Waals surface area (Å²) < 4.78 is 9.85. The van der Waals surface area contributed by atoms with E-state index in [9.17, 15) is 115 Å². The number of rotatable bonds is 27. The van der Waals surface area contributed by atoms with Crippen molar-refractivity contribution in [2.24, 2.45) is 0 Å². The monoisotopic (exact) mass is 1660 g/mol. The number of imide groups is 6. The van der Waals surface area contributed by atoms with Crippen molar-refractivity contribution >= 4 is 154 Å². The second-order valence-corrected chi connectivity index (χ2v) is 25.5. The molecule has 630 valence electrons. The molecular formula is C77H76N12O31. The molecule has 0 aliphatic carbocycles. The minimum atomic E-state index is -1.00. The molecule has 5 fully saturated rings. The first-order valence-corrected chi connectivity index (χ1v) is 36.0. The van der Waals surface area contributed by atoms with Crippen molar-refractivity contribution in [3.63, 3.8) is 0 Å². The van der Waals surface area contributed by atoms with Gasteiger partial charge in [-0.05, 0) is 55.5 Å². The van der Waals surface area contributed by atoms with E-state index in [2.05, 4.69) is 46.5 Å². The quantitative estimate of drug-likeness (QED) is 0.0506. The number of esters is 1. The molecule has 0 spiro atoms. The third-order valence-corrected chi connectivity index (χ3v) is 16.7. The molecule has 10 heterocycles. The normalized spacial score (nSPS) is 16.9. The van der Waals surface area contributed by atoms with Gasteiger partial charge in [0.05, 0.1) is 60.2 Å². The number of carbonyl (C=O) groups excluding carboxylic acids is 24. The lowest BCUT2D eigenvalue weighted by Crippen LogP contribution is -2.38. The number of ether oxygens (including phenoxy) is 2. The molecule has 2 N–H and O–H groups in total. The van der Waals surface area contributed by atoms with E-state index in [0.717, 1.165) is 83.2 Å². The van der Waals surface area contributed by atoms with Crippen molar-refractivity contribution in [1.29, 1.82) is 0 Å². The number of hydroxylamine groups is 10. The number of carbonyl (C=O) groups is 24. The first-order chi connectivity index (χ1) is 57.0. The predicted octanol–water partition coefficient (Wildman–Crippen LogP) is -0.191. The summed E-state index contributed by atoms with van der Waals surface area (Å²) in [5.41, 5.74) is 3.29. The minimum Gasteiger partial charge on any atom is -0.443 e. The van der Waals surface area contributed by atoms with E-state index >= 15 is 0 Å². The van der Waals surface area contributed by atoms with E-state index in [4.69, 9.17) is 24.1 Å². The molecule has 18 amide bonds. The van der Waals surface area contributed by atoms with Crippen LogP contribution in [0.1, 0.15) is 102 Å². The van der Waals surface area contributed by atoms with Crippen LogP contribution in [-0.4, -0.2) is 228 Å². The average molecular weight is 1670 g/mol. The molecular weight excluding hydrogens is 1590 g/mol. The van der Waals surface area contributed by atoms with Crippen LogP contribution in [-0.2, 0) is 155 Å². The Balaban J connectivity index is 0.000000203. The van der Waals surface area contributed by atoms with Crippen LogP contribution >= 0.6 is 0 Å². The van der Waals surface area contributed by atoms with Crippen LogP contribution in [0.4, 0.5) is 11.4 Å². The molecule has 2 aromatic rings. The molecule has 0 radical (unpaired) electrons. The van der Waals surface area contributed by atoms with Crippen molar-refractivity contribution in [2.75, 3.05) is 55.9 Å². The van der Waals surface area contributed by atoms with Crippen LogP contribution in [0.2, 0.25) is 0 Å². The number of amides is 18. The zero-order valence-corrected chi connectivity index (χ0v) is 64.0. The molecule has 0 unspecified atom stereocenters. The summed E-state index contributed by atoms with van der Waals surface area (Å²) >= 11 is 0. The number of nitrogens with zero attached hydrogens (tertiary/aromatic N) is 10. The first-order valence-electron chi connectivity index (χ1n) is 36.0. The molecule has 12 rings (SSSR count). The maximum Gasteiger partial charge on any atom is 0.351 e. The Labute approximate surface area is 679 Å². The van der Waals surface area contributed by atoms with Gasteiger partial charge in [-0.15, -0.1) is 25.3 Å². The van der Waals surface area contributed by atoms with E-state index in [-0.39, 0.29) is 132 Å². The minimum absolute atomic E-state index is 0.000758. The summed E-state index contributed by atoms with van der Waals surface area (Å²) in [5.74, 6) is -12.2. The van der Waals surface area contributed by atoms with Gasteiger partial charge in [0.2, 0.25) is 11.8 Å². The second kappa shape index (κ2) is 43.9. The molecule has 0 bridgehead atoms. The highest BCUT2D eigenvalue weighted by atomic mass is 16.7. The van der Waals surface area contributed by atoms with Gasteiger partial charge in [0.25, 0.3) is 94.5 Å². The second-order valence-electron chi connectivity index (χ2n) is 25.5. The van der Waals surface area contributed by atoms with Crippen molar-refractivity contribution in [2.45, 2.75) is 103 Å². The molecule has 10 aliphatic heterocycles. The number of benzene rings is 2. The lowest BCUT2D eigenvalue weighted by atomic mass is 10.1. The number of para-hydroxylation sites is 1. The fourth-order valence-corrected chi connectivity index (χ4v) is 10.6. The fraction of sp³-hybridized carbons (Fsp3) is 0.299. The van der Waals surface area contributed by atoms with E-state index in [1.807, 2.05) is 6.07 Å². The largest absolute Gasteiger partial charge is 0.443 e. The van der Waals surface area contributed by atoms with Crippen molar-refractivity contribution in [1.82, 2.24) is 50.6 Å². The molecule has 43 nitrogen and oxygen atoms in total. The van der Waals surface area contributed by atoms with Gasteiger partial charge < -0.3 is 44.3 Å². The highest BCUT2D eigenvalue weighted by molar-refractivity contribution is 6.29. The molecule has 43 heteroatoms. The highest BCUT2D eigenvalue weighted by Gasteiger charge is 2.36. The summed E-state index contributed by atoms with van der Waals surface area (Å²) in [7, 11) is 0. The van der Waals surface area contributed by atoms with Crippen molar-refractivity contribution in [3.8, 4) is 0 Å². The predicted molar refractivity (Wildman–Crippen MR) is 397 cm³/mol. The van der Waals surface area contributed by atoms with Gasteiger partial charge in [-0.3, -0.25) is 101 Å². The summed E-state index contributed by atoms with van der Waals surface area (Å²) in [6.45, 7) is 15.0. The topological polar surface area (TPSA) is 531 Å². The Kier molecular flexibility index (Phi) is 33.5. The van der Waals surface area contributed by atoms with Gasteiger partial charge >= 0.3 is 35.8 Å².